The van der Waals surface area contributed by atoms with Crippen LogP contribution in [0.25, 0.3) is 0 Å². The van der Waals surface area contributed by atoms with E-state index in [-0.39, 0.29) is 23.1 Å². The Hall–Kier alpha value is -2.34. The summed E-state index contributed by atoms with van der Waals surface area (Å²) in [4.78, 5) is 32.9. The number of carbonyl (C=O) groups is 2. The smallest absolute Gasteiger partial charge is 0.242 e. The van der Waals surface area contributed by atoms with Crippen LogP contribution in [0.4, 0.5) is 11.4 Å². The molecule has 1 fully saturated rings. The summed E-state index contributed by atoms with van der Waals surface area (Å²) in [5.74, 6) is 0.356. The van der Waals surface area contributed by atoms with Gasteiger partial charge in [0.1, 0.15) is 0 Å². The van der Waals surface area contributed by atoms with E-state index in [1.165, 1.54) is 0 Å². The molecule has 0 saturated carbocycles. The lowest BCUT2D eigenvalue weighted by Crippen LogP contribution is -2.52. The average molecular weight is 411 g/mol. The van der Waals surface area contributed by atoms with Crippen LogP contribution in [0.1, 0.15) is 40.0 Å². The molecule has 1 N–H and O–H groups in total. The largest absolute Gasteiger partial charge is 0.357 e. The van der Waals surface area contributed by atoms with Crippen molar-refractivity contribution in [2.24, 2.45) is 5.41 Å². The maximum absolute atomic E-state index is 13.3. The molecule has 2 aliphatic heterocycles. The number of para-hydroxylation sites is 2. The predicted molar refractivity (Wildman–Crippen MR) is 121 cm³/mol. The maximum atomic E-state index is 13.3. The summed E-state index contributed by atoms with van der Waals surface area (Å²) >= 11 is 0. The first-order chi connectivity index (χ1) is 14.3. The van der Waals surface area contributed by atoms with Crippen LogP contribution >= 0.6 is 0 Å². The number of amides is 1. The van der Waals surface area contributed by atoms with Gasteiger partial charge in [-0.2, -0.15) is 0 Å². The van der Waals surface area contributed by atoms with Crippen molar-refractivity contribution < 1.29 is 9.59 Å². The van der Waals surface area contributed by atoms with Crippen LogP contribution in [0.15, 0.2) is 35.5 Å². The van der Waals surface area contributed by atoms with Gasteiger partial charge in [-0.25, -0.2) is 0 Å². The van der Waals surface area contributed by atoms with Gasteiger partial charge in [-0.3, -0.25) is 9.59 Å². The Balaban J connectivity index is 1.70. The maximum Gasteiger partial charge on any atom is 0.242 e. The molecule has 3 aliphatic rings. The zero-order valence-corrected chi connectivity index (χ0v) is 18.7. The van der Waals surface area contributed by atoms with Crippen LogP contribution < -0.4 is 10.2 Å². The summed E-state index contributed by atoms with van der Waals surface area (Å²) in [6.07, 6.45) is 2.19. The molecule has 1 saturated heterocycles. The molecule has 0 aromatic heterocycles. The Morgan fingerprint density at radius 2 is 1.83 bits per heavy atom. The third-order valence-corrected chi connectivity index (χ3v) is 6.68. The Bertz CT molecular complexity index is 868. The zero-order valence-electron chi connectivity index (χ0n) is 18.7. The van der Waals surface area contributed by atoms with Crippen molar-refractivity contribution in [1.29, 1.82) is 0 Å². The lowest BCUT2D eigenvalue weighted by molar-refractivity contribution is -0.131. The highest BCUT2D eigenvalue weighted by Crippen LogP contribution is 2.44. The number of fused-ring (bicyclic) bond motifs is 1. The number of ketones is 1. The van der Waals surface area contributed by atoms with Crippen LogP contribution in [0.2, 0.25) is 0 Å². The van der Waals surface area contributed by atoms with E-state index in [4.69, 9.17) is 0 Å². The molecule has 162 valence electrons. The van der Waals surface area contributed by atoms with E-state index in [0.717, 1.165) is 61.7 Å². The third-order valence-electron chi connectivity index (χ3n) is 6.68. The Kier molecular flexibility index (Phi) is 5.62. The van der Waals surface area contributed by atoms with Crippen molar-refractivity contribution in [1.82, 2.24) is 9.80 Å². The van der Waals surface area contributed by atoms with E-state index in [0.29, 0.717) is 13.0 Å². The zero-order chi connectivity index (χ0) is 21.5. The number of hydrogen-bond donors (Lipinski definition) is 1. The molecule has 1 aromatic rings. The Morgan fingerprint density at radius 3 is 2.53 bits per heavy atom. The number of benzene rings is 1. The number of allylic oxidation sites excluding steroid dienone is 1. The quantitative estimate of drug-likeness (QED) is 0.830. The van der Waals surface area contributed by atoms with Gasteiger partial charge in [0.15, 0.2) is 5.78 Å². The van der Waals surface area contributed by atoms with Gasteiger partial charge in [-0.05, 0) is 37.4 Å². The number of Topliss-reactive ketones (excluding diaryl/α,β-unsaturated/α-hetero) is 1. The van der Waals surface area contributed by atoms with E-state index in [2.05, 4.69) is 55.1 Å². The first kappa shape index (κ1) is 20.9. The molecule has 1 aliphatic carbocycles. The summed E-state index contributed by atoms with van der Waals surface area (Å²) in [5.41, 5.74) is 3.84. The van der Waals surface area contributed by atoms with Gasteiger partial charge in [-0.15, -0.1) is 0 Å². The van der Waals surface area contributed by atoms with Crippen molar-refractivity contribution in [3.8, 4) is 0 Å². The molecule has 6 nitrogen and oxygen atoms in total. The second kappa shape index (κ2) is 8.06. The average Bonchev–Trinajstić information content (AvgIpc) is 2.82. The molecule has 2 heterocycles. The first-order valence-corrected chi connectivity index (χ1v) is 11.1. The van der Waals surface area contributed by atoms with Crippen LogP contribution in [-0.4, -0.2) is 67.3 Å². The summed E-state index contributed by atoms with van der Waals surface area (Å²) in [6, 6.07) is 8.05. The Labute approximate surface area is 179 Å². The molecule has 1 aromatic carbocycles. The van der Waals surface area contributed by atoms with Gasteiger partial charge in [0.05, 0.1) is 24.0 Å². The van der Waals surface area contributed by atoms with Crippen LogP contribution in [0.3, 0.4) is 0 Å². The number of rotatable bonds is 3. The highest BCUT2D eigenvalue weighted by atomic mass is 16.2. The van der Waals surface area contributed by atoms with E-state index >= 15 is 0 Å². The van der Waals surface area contributed by atoms with Crippen molar-refractivity contribution in [2.45, 2.75) is 46.1 Å². The van der Waals surface area contributed by atoms with Crippen molar-refractivity contribution in [3.05, 3.63) is 35.5 Å². The summed E-state index contributed by atoms with van der Waals surface area (Å²) < 4.78 is 0. The minimum Gasteiger partial charge on any atom is -0.357 e. The van der Waals surface area contributed by atoms with Crippen LogP contribution in [-0.2, 0) is 9.59 Å². The molecule has 6 heteroatoms. The molecule has 1 amide bonds. The fourth-order valence-electron chi connectivity index (χ4n) is 5.07. The lowest BCUT2D eigenvalue weighted by Gasteiger charge is -2.39. The molecular weight excluding hydrogens is 376 g/mol. The van der Waals surface area contributed by atoms with Gasteiger partial charge in [-0.1, -0.05) is 32.9 Å². The summed E-state index contributed by atoms with van der Waals surface area (Å²) in [5, 5.41) is 3.59. The fraction of sp³-hybridized carbons (Fsp3) is 0.583. The monoisotopic (exact) mass is 410 g/mol. The van der Waals surface area contributed by atoms with Crippen LogP contribution in [0, 0.1) is 5.41 Å². The van der Waals surface area contributed by atoms with E-state index in [1.807, 2.05) is 17.0 Å². The second-order valence-corrected chi connectivity index (χ2v) is 9.71. The van der Waals surface area contributed by atoms with Gasteiger partial charge >= 0.3 is 0 Å². The van der Waals surface area contributed by atoms with Crippen molar-refractivity contribution in [3.63, 3.8) is 0 Å². The second-order valence-electron chi connectivity index (χ2n) is 9.71. The molecule has 4 rings (SSSR count). The standard InChI is InChI=1S/C24H34N4O2/c1-5-19-23-18(14-24(2,3)15-21(23)29)25-17-8-6-7-9-20(17)28(19)16-22(30)27-12-10-26(4)11-13-27/h6-9,19,25H,5,10-16H2,1-4H3/t19-/m1/s1. The number of carbonyl (C=O) groups excluding carboxylic acids is 2. The molecule has 30 heavy (non-hydrogen) atoms. The molecule has 0 bridgehead atoms. The van der Waals surface area contributed by atoms with Crippen molar-refractivity contribution >= 4 is 23.1 Å². The number of nitrogens with one attached hydrogen (secondary N) is 1. The summed E-state index contributed by atoms with van der Waals surface area (Å²) in [6.45, 7) is 10.1. The number of hydrogen-bond acceptors (Lipinski definition) is 5. The van der Waals surface area contributed by atoms with Gasteiger partial charge in [0.25, 0.3) is 0 Å². The minimum atomic E-state index is -0.0869. The van der Waals surface area contributed by atoms with E-state index in [1.54, 1.807) is 0 Å². The first-order valence-electron chi connectivity index (χ1n) is 11.1. The van der Waals surface area contributed by atoms with Crippen molar-refractivity contribution in [2.75, 3.05) is 50.0 Å². The van der Waals surface area contributed by atoms with E-state index < -0.39 is 0 Å². The topological polar surface area (TPSA) is 55.9 Å². The number of piperazine rings is 1. The Morgan fingerprint density at radius 1 is 1.13 bits per heavy atom. The van der Waals surface area contributed by atoms with E-state index in [9.17, 15) is 9.59 Å². The SMILES string of the molecule is CC[C@@H]1C2=C(CC(C)(C)CC2=O)Nc2ccccc2N1CC(=O)N1CCN(C)CC1. The summed E-state index contributed by atoms with van der Waals surface area (Å²) in [7, 11) is 2.09. The molecule has 0 spiro atoms. The minimum absolute atomic E-state index is 0.0546. The normalized spacial score (nSPS) is 24.1. The fourth-order valence-corrected chi connectivity index (χ4v) is 5.07. The number of likely N-dealkylation sites (N-methyl/N-ethyl adjacent to an activating group) is 1. The molecule has 0 unspecified atom stereocenters. The van der Waals surface area contributed by atoms with Crippen LogP contribution in [0.5, 0.6) is 0 Å². The van der Waals surface area contributed by atoms with Gasteiger partial charge < -0.3 is 20.0 Å². The van der Waals surface area contributed by atoms with Gasteiger partial charge in [0.2, 0.25) is 5.91 Å². The number of nitrogens with zero attached hydrogens (tertiary/aromatic N) is 3. The lowest BCUT2D eigenvalue weighted by atomic mass is 9.74. The predicted octanol–water partition coefficient (Wildman–Crippen LogP) is 3.11. The molecular formula is C24H34N4O2. The third kappa shape index (κ3) is 3.97. The molecule has 1 atom stereocenters. The highest BCUT2D eigenvalue weighted by molar-refractivity contribution is 6.01. The van der Waals surface area contributed by atoms with Gasteiger partial charge in [0, 0.05) is 43.9 Å². The molecule has 0 radical (unpaired) electrons. The number of anilines is 2. The highest BCUT2D eigenvalue weighted by Gasteiger charge is 2.40.